The third-order valence-corrected chi connectivity index (χ3v) is 3.99. The molecule has 1 rings (SSSR count). The van der Waals surface area contributed by atoms with E-state index in [0.29, 0.717) is 26.2 Å². The molecular formula is C18H36N2O2. The van der Waals surface area contributed by atoms with Gasteiger partial charge in [0.15, 0.2) is 0 Å². The second-order valence-electron chi connectivity index (χ2n) is 6.40. The molecule has 0 aromatic heterocycles. The van der Waals surface area contributed by atoms with Crippen LogP contribution in [0.3, 0.4) is 0 Å². The van der Waals surface area contributed by atoms with Gasteiger partial charge in [0.1, 0.15) is 0 Å². The van der Waals surface area contributed by atoms with Gasteiger partial charge in [-0.1, -0.05) is 66.2 Å². The molecule has 4 nitrogen and oxygen atoms in total. The number of unbranched alkanes of at least 4 members (excludes halogenated alkanes) is 5. The Kier molecular flexibility index (Phi) is 11.9. The molecule has 0 spiro atoms. The van der Waals surface area contributed by atoms with Gasteiger partial charge in [0.2, 0.25) is 11.8 Å². The minimum absolute atomic E-state index is 0.0545. The van der Waals surface area contributed by atoms with Crippen molar-refractivity contribution in [1.29, 1.82) is 0 Å². The van der Waals surface area contributed by atoms with Gasteiger partial charge in [0, 0.05) is 39.0 Å². The molecule has 1 heterocycles. The lowest BCUT2D eigenvalue weighted by atomic mass is 10.1. The molecule has 1 aliphatic rings. The van der Waals surface area contributed by atoms with Crippen molar-refractivity contribution in [2.75, 3.05) is 26.2 Å². The zero-order valence-corrected chi connectivity index (χ0v) is 15.4. The highest BCUT2D eigenvalue weighted by Gasteiger charge is 2.23. The van der Waals surface area contributed by atoms with Crippen molar-refractivity contribution < 1.29 is 9.59 Å². The number of nitrogens with zero attached hydrogens (tertiary/aromatic N) is 2. The Hall–Kier alpha value is -1.06. The van der Waals surface area contributed by atoms with E-state index in [0.717, 1.165) is 0 Å². The summed E-state index contributed by atoms with van der Waals surface area (Å²) in [6.45, 7) is 12.6. The normalized spacial score (nSPS) is 14.6. The minimum atomic E-state index is 0.0545. The number of carbonyl (C=O) groups excluding carboxylic acids is 2. The first-order chi connectivity index (χ1) is 10.4. The van der Waals surface area contributed by atoms with Gasteiger partial charge in [-0.3, -0.25) is 9.59 Å². The molecule has 0 N–H and O–H groups in total. The quantitative estimate of drug-likeness (QED) is 0.702. The molecule has 0 aromatic rings. The van der Waals surface area contributed by atoms with Gasteiger partial charge in [-0.15, -0.1) is 0 Å². The summed E-state index contributed by atoms with van der Waals surface area (Å²) in [5.74, 6) is 0.341. The lowest BCUT2D eigenvalue weighted by Crippen LogP contribution is -2.51. The molecule has 1 fully saturated rings. The van der Waals surface area contributed by atoms with Gasteiger partial charge in [0.25, 0.3) is 0 Å². The van der Waals surface area contributed by atoms with Crippen LogP contribution < -0.4 is 0 Å². The van der Waals surface area contributed by atoms with Gasteiger partial charge in [-0.25, -0.2) is 0 Å². The number of hydrogen-bond donors (Lipinski definition) is 0. The van der Waals surface area contributed by atoms with Crippen LogP contribution in [0.5, 0.6) is 0 Å². The Morgan fingerprint density at radius 2 is 1.23 bits per heavy atom. The van der Waals surface area contributed by atoms with E-state index >= 15 is 0 Å². The Bertz CT molecular complexity index is 302. The summed E-state index contributed by atoms with van der Waals surface area (Å²) in [6, 6.07) is 0. The molecule has 130 valence electrons. The van der Waals surface area contributed by atoms with Crippen LogP contribution >= 0.6 is 0 Å². The van der Waals surface area contributed by atoms with Crippen LogP contribution in [0.4, 0.5) is 0 Å². The van der Waals surface area contributed by atoms with Crippen molar-refractivity contribution >= 4 is 11.8 Å². The number of piperazine rings is 1. The standard InChI is InChI=1S/C10H18N2O2.C8H18/c1-8(2)10(14)12-6-4-11(5-7-12)9(3)13;1-3-5-7-8-6-4-2/h8H,4-7H2,1-3H3;3-8H2,1-2H3. The topological polar surface area (TPSA) is 40.6 Å². The molecule has 22 heavy (non-hydrogen) atoms. The molecule has 1 aliphatic heterocycles. The second-order valence-corrected chi connectivity index (χ2v) is 6.40. The van der Waals surface area contributed by atoms with Gasteiger partial charge < -0.3 is 9.80 Å². The summed E-state index contributed by atoms with van der Waals surface area (Å²) in [5.41, 5.74) is 0. The predicted octanol–water partition coefficient (Wildman–Crippen LogP) is 3.70. The Morgan fingerprint density at radius 3 is 1.55 bits per heavy atom. The highest BCUT2D eigenvalue weighted by Crippen LogP contribution is 2.07. The first-order valence-electron chi connectivity index (χ1n) is 8.98. The molecular weight excluding hydrogens is 276 g/mol. The minimum Gasteiger partial charge on any atom is -0.339 e. The highest BCUT2D eigenvalue weighted by molar-refractivity contribution is 5.79. The Labute approximate surface area is 137 Å². The Balaban J connectivity index is 0.000000472. The maximum atomic E-state index is 11.6. The van der Waals surface area contributed by atoms with Crippen molar-refractivity contribution in [3.63, 3.8) is 0 Å². The van der Waals surface area contributed by atoms with E-state index < -0.39 is 0 Å². The Morgan fingerprint density at radius 1 is 0.818 bits per heavy atom. The first-order valence-corrected chi connectivity index (χ1v) is 8.98. The molecule has 0 bridgehead atoms. The third kappa shape index (κ3) is 9.06. The third-order valence-electron chi connectivity index (χ3n) is 3.99. The summed E-state index contributed by atoms with van der Waals surface area (Å²) in [4.78, 5) is 26.2. The zero-order valence-electron chi connectivity index (χ0n) is 15.4. The van der Waals surface area contributed by atoms with Crippen LogP contribution in [-0.4, -0.2) is 47.8 Å². The molecule has 0 aromatic carbocycles. The fraction of sp³-hybridized carbons (Fsp3) is 0.889. The fourth-order valence-electron chi connectivity index (χ4n) is 2.46. The van der Waals surface area contributed by atoms with E-state index in [1.165, 1.54) is 38.5 Å². The van der Waals surface area contributed by atoms with Crippen LogP contribution in [0, 0.1) is 5.92 Å². The number of amides is 2. The lowest BCUT2D eigenvalue weighted by Gasteiger charge is -2.35. The number of hydrogen-bond acceptors (Lipinski definition) is 2. The molecule has 4 heteroatoms. The van der Waals surface area contributed by atoms with E-state index in [4.69, 9.17) is 0 Å². The van der Waals surface area contributed by atoms with Crippen LogP contribution in [0.15, 0.2) is 0 Å². The zero-order chi connectivity index (χ0) is 17.0. The maximum absolute atomic E-state index is 11.6. The predicted molar refractivity (Wildman–Crippen MR) is 92.7 cm³/mol. The summed E-state index contributed by atoms with van der Waals surface area (Å²) in [6.07, 6.45) is 8.49. The molecule has 0 aliphatic carbocycles. The molecule has 1 saturated heterocycles. The van der Waals surface area contributed by atoms with Crippen molar-refractivity contribution in [2.45, 2.75) is 73.1 Å². The van der Waals surface area contributed by atoms with Crippen LogP contribution in [0.25, 0.3) is 0 Å². The van der Waals surface area contributed by atoms with Crippen LogP contribution in [0.2, 0.25) is 0 Å². The van der Waals surface area contributed by atoms with Crippen molar-refractivity contribution in [3.8, 4) is 0 Å². The van der Waals surface area contributed by atoms with Gasteiger partial charge in [0.05, 0.1) is 0 Å². The fourth-order valence-corrected chi connectivity index (χ4v) is 2.46. The molecule has 0 unspecified atom stereocenters. The molecule has 2 amide bonds. The molecule has 0 atom stereocenters. The van der Waals surface area contributed by atoms with E-state index in [-0.39, 0.29) is 17.7 Å². The van der Waals surface area contributed by atoms with Crippen molar-refractivity contribution in [1.82, 2.24) is 9.80 Å². The second kappa shape index (κ2) is 12.5. The van der Waals surface area contributed by atoms with Gasteiger partial charge in [-0.2, -0.15) is 0 Å². The monoisotopic (exact) mass is 312 g/mol. The highest BCUT2D eigenvalue weighted by atomic mass is 16.2. The molecule has 0 radical (unpaired) electrons. The summed E-state index contributed by atoms with van der Waals surface area (Å²) >= 11 is 0. The average molecular weight is 312 g/mol. The van der Waals surface area contributed by atoms with Crippen LogP contribution in [0.1, 0.15) is 73.1 Å². The molecule has 0 saturated carbocycles. The van der Waals surface area contributed by atoms with Gasteiger partial charge in [-0.05, 0) is 0 Å². The SMILES string of the molecule is CC(=O)N1CCN(C(=O)C(C)C)CC1.CCCCCCCC. The van der Waals surface area contributed by atoms with Crippen molar-refractivity contribution in [2.24, 2.45) is 5.92 Å². The van der Waals surface area contributed by atoms with E-state index in [9.17, 15) is 9.59 Å². The summed E-state index contributed by atoms with van der Waals surface area (Å²) in [7, 11) is 0. The van der Waals surface area contributed by atoms with E-state index in [1.54, 1.807) is 11.8 Å². The van der Waals surface area contributed by atoms with E-state index in [1.807, 2.05) is 18.7 Å². The van der Waals surface area contributed by atoms with E-state index in [2.05, 4.69) is 13.8 Å². The van der Waals surface area contributed by atoms with Crippen molar-refractivity contribution in [3.05, 3.63) is 0 Å². The summed E-state index contributed by atoms with van der Waals surface area (Å²) in [5, 5.41) is 0. The smallest absolute Gasteiger partial charge is 0.225 e. The number of rotatable bonds is 6. The summed E-state index contributed by atoms with van der Waals surface area (Å²) < 4.78 is 0. The first kappa shape index (κ1) is 20.9. The largest absolute Gasteiger partial charge is 0.339 e. The van der Waals surface area contributed by atoms with Crippen LogP contribution in [-0.2, 0) is 9.59 Å². The average Bonchev–Trinajstić information content (AvgIpc) is 2.51. The number of carbonyl (C=O) groups is 2. The maximum Gasteiger partial charge on any atom is 0.225 e. The lowest BCUT2D eigenvalue weighted by molar-refractivity contribution is -0.140. The van der Waals surface area contributed by atoms with Gasteiger partial charge >= 0.3 is 0 Å².